The Morgan fingerprint density at radius 2 is 2.10 bits per heavy atom. The van der Waals surface area contributed by atoms with E-state index in [2.05, 4.69) is 10.6 Å². The van der Waals surface area contributed by atoms with E-state index in [1.54, 1.807) is 7.11 Å². The molecular weight excluding hydrogens is 252 g/mol. The average molecular weight is 274 g/mol. The molecule has 108 valence electrons. The number of carbonyl (C=O) groups is 1. The fourth-order valence-corrected chi connectivity index (χ4v) is 3.28. The summed E-state index contributed by atoms with van der Waals surface area (Å²) in [7, 11) is 1.63. The van der Waals surface area contributed by atoms with Crippen LogP contribution in [0.1, 0.15) is 42.5 Å². The van der Waals surface area contributed by atoms with Crippen molar-refractivity contribution in [2.75, 3.05) is 13.7 Å². The van der Waals surface area contributed by atoms with Gasteiger partial charge in [0.05, 0.1) is 7.11 Å². The second kappa shape index (κ2) is 5.44. The number of piperidine rings is 1. The van der Waals surface area contributed by atoms with Gasteiger partial charge in [0, 0.05) is 17.1 Å². The van der Waals surface area contributed by atoms with Crippen molar-refractivity contribution in [3.05, 3.63) is 29.8 Å². The molecule has 2 aliphatic rings. The van der Waals surface area contributed by atoms with Crippen LogP contribution in [0.3, 0.4) is 0 Å². The van der Waals surface area contributed by atoms with Crippen LogP contribution in [0.4, 0.5) is 0 Å². The van der Waals surface area contributed by atoms with Crippen LogP contribution in [0.15, 0.2) is 24.3 Å². The van der Waals surface area contributed by atoms with Gasteiger partial charge >= 0.3 is 0 Å². The molecule has 1 aliphatic carbocycles. The van der Waals surface area contributed by atoms with Crippen LogP contribution < -0.4 is 15.4 Å². The van der Waals surface area contributed by atoms with Gasteiger partial charge in [0.15, 0.2) is 0 Å². The summed E-state index contributed by atoms with van der Waals surface area (Å²) in [6, 6.07) is 7.57. The van der Waals surface area contributed by atoms with Gasteiger partial charge in [-0.05, 0) is 62.9 Å². The van der Waals surface area contributed by atoms with Gasteiger partial charge in [0.1, 0.15) is 5.75 Å². The predicted octanol–water partition coefficient (Wildman–Crippen LogP) is 2.10. The van der Waals surface area contributed by atoms with Crippen LogP contribution in [0.2, 0.25) is 0 Å². The third-order valence-electron chi connectivity index (χ3n) is 4.63. The van der Waals surface area contributed by atoms with E-state index in [4.69, 9.17) is 4.74 Å². The second-order valence-electron chi connectivity index (χ2n) is 5.95. The molecule has 0 aromatic heterocycles. The summed E-state index contributed by atoms with van der Waals surface area (Å²) < 4.78 is 5.11. The molecule has 1 atom stereocenters. The van der Waals surface area contributed by atoms with Crippen molar-refractivity contribution in [3.8, 4) is 5.75 Å². The average Bonchev–Trinajstić information content (AvgIpc) is 2.46. The lowest BCUT2D eigenvalue weighted by Gasteiger charge is -2.48. The van der Waals surface area contributed by atoms with Gasteiger partial charge in [-0.1, -0.05) is 0 Å². The Hall–Kier alpha value is -1.55. The minimum absolute atomic E-state index is 0.0222. The fraction of sp³-hybridized carbons (Fsp3) is 0.562. The molecule has 1 spiro atoms. The molecule has 1 aliphatic heterocycles. The monoisotopic (exact) mass is 274 g/mol. The van der Waals surface area contributed by atoms with Crippen molar-refractivity contribution in [1.82, 2.24) is 10.6 Å². The zero-order valence-electron chi connectivity index (χ0n) is 11.9. The third kappa shape index (κ3) is 2.66. The number of benzene rings is 1. The topological polar surface area (TPSA) is 50.4 Å². The van der Waals surface area contributed by atoms with Gasteiger partial charge in [-0.2, -0.15) is 0 Å². The number of hydrogen-bond acceptors (Lipinski definition) is 3. The molecule has 1 saturated carbocycles. The molecule has 3 rings (SSSR count). The molecule has 4 nitrogen and oxygen atoms in total. The van der Waals surface area contributed by atoms with Crippen molar-refractivity contribution in [3.63, 3.8) is 0 Å². The van der Waals surface area contributed by atoms with Crippen LogP contribution >= 0.6 is 0 Å². The van der Waals surface area contributed by atoms with E-state index in [9.17, 15) is 4.79 Å². The van der Waals surface area contributed by atoms with E-state index >= 15 is 0 Å². The minimum atomic E-state index is 0.0222. The number of hydrogen-bond donors (Lipinski definition) is 2. The van der Waals surface area contributed by atoms with Gasteiger partial charge in [-0.15, -0.1) is 0 Å². The van der Waals surface area contributed by atoms with Gasteiger partial charge in [0.25, 0.3) is 5.91 Å². The van der Waals surface area contributed by atoms with E-state index in [-0.39, 0.29) is 5.91 Å². The van der Waals surface area contributed by atoms with E-state index in [0.717, 1.165) is 25.1 Å². The molecule has 2 N–H and O–H groups in total. The van der Waals surface area contributed by atoms with E-state index in [1.165, 1.54) is 19.3 Å². The number of rotatable bonds is 3. The summed E-state index contributed by atoms with van der Waals surface area (Å²) in [5.74, 6) is 0.797. The second-order valence-corrected chi connectivity index (χ2v) is 5.95. The van der Waals surface area contributed by atoms with Gasteiger partial charge < -0.3 is 15.4 Å². The highest BCUT2D eigenvalue weighted by molar-refractivity contribution is 5.94. The number of methoxy groups -OCH3 is 1. The maximum Gasteiger partial charge on any atom is 0.251 e. The minimum Gasteiger partial charge on any atom is -0.497 e. The van der Waals surface area contributed by atoms with Gasteiger partial charge in [0.2, 0.25) is 0 Å². The SMILES string of the molecule is COc1ccc(C(=O)NC2CCNC3(CCC3)C2)cc1. The molecule has 0 radical (unpaired) electrons. The Morgan fingerprint density at radius 3 is 2.70 bits per heavy atom. The fourth-order valence-electron chi connectivity index (χ4n) is 3.28. The normalized spacial score (nSPS) is 23.9. The Kier molecular flexibility index (Phi) is 3.66. The summed E-state index contributed by atoms with van der Waals surface area (Å²) in [6.07, 6.45) is 5.90. The lowest BCUT2D eigenvalue weighted by molar-refractivity contribution is 0.0853. The summed E-state index contributed by atoms with van der Waals surface area (Å²) in [5, 5.41) is 6.80. The van der Waals surface area contributed by atoms with Crippen molar-refractivity contribution >= 4 is 5.91 Å². The van der Waals surface area contributed by atoms with Crippen LogP contribution in [0.25, 0.3) is 0 Å². The third-order valence-corrected chi connectivity index (χ3v) is 4.63. The first kappa shape index (κ1) is 13.4. The largest absolute Gasteiger partial charge is 0.497 e. The molecule has 1 aromatic rings. The highest BCUT2D eigenvalue weighted by atomic mass is 16.5. The molecule has 0 bridgehead atoms. The lowest BCUT2D eigenvalue weighted by Crippen LogP contribution is -2.59. The predicted molar refractivity (Wildman–Crippen MR) is 78.1 cm³/mol. The molecule has 1 saturated heterocycles. The molecule has 1 aromatic carbocycles. The molecular formula is C16H22N2O2. The van der Waals surface area contributed by atoms with Crippen molar-refractivity contribution in [1.29, 1.82) is 0 Å². The summed E-state index contributed by atoms with van der Waals surface area (Å²) >= 11 is 0. The van der Waals surface area contributed by atoms with E-state index < -0.39 is 0 Å². The Balaban J connectivity index is 1.60. The summed E-state index contributed by atoms with van der Waals surface area (Å²) in [4.78, 5) is 12.3. The smallest absolute Gasteiger partial charge is 0.251 e. The van der Waals surface area contributed by atoms with Crippen LogP contribution in [0.5, 0.6) is 5.75 Å². The molecule has 1 unspecified atom stereocenters. The van der Waals surface area contributed by atoms with E-state index in [0.29, 0.717) is 17.1 Å². The van der Waals surface area contributed by atoms with Crippen LogP contribution in [-0.2, 0) is 0 Å². The standard InChI is InChI=1S/C16H22N2O2/c1-20-14-5-3-12(4-6-14)15(19)18-13-7-10-17-16(11-13)8-2-9-16/h3-6,13,17H,2,7-11H2,1H3,(H,18,19). The molecule has 1 amide bonds. The first-order valence-electron chi connectivity index (χ1n) is 7.41. The van der Waals surface area contributed by atoms with Gasteiger partial charge in [-0.25, -0.2) is 0 Å². The number of carbonyl (C=O) groups excluding carboxylic acids is 1. The number of ether oxygens (including phenoxy) is 1. The Labute approximate surface area is 119 Å². The summed E-state index contributed by atoms with van der Waals surface area (Å²) in [5.41, 5.74) is 1.02. The van der Waals surface area contributed by atoms with Crippen LogP contribution in [0, 0.1) is 0 Å². The molecule has 4 heteroatoms. The van der Waals surface area contributed by atoms with E-state index in [1.807, 2.05) is 24.3 Å². The molecule has 1 heterocycles. The zero-order chi connectivity index (χ0) is 14.0. The first-order chi connectivity index (χ1) is 9.71. The van der Waals surface area contributed by atoms with Gasteiger partial charge in [-0.3, -0.25) is 4.79 Å². The van der Waals surface area contributed by atoms with Crippen LogP contribution in [-0.4, -0.2) is 31.1 Å². The quantitative estimate of drug-likeness (QED) is 0.887. The van der Waals surface area contributed by atoms with Crippen molar-refractivity contribution in [2.45, 2.75) is 43.7 Å². The lowest BCUT2D eigenvalue weighted by atomic mass is 9.70. The zero-order valence-corrected chi connectivity index (χ0v) is 11.9. The number of nitrogens with one attached hydrogen (secondary N) is 2. The summed E-state index contributed by atoms with van der Waals surface area (Å²) in [6.45, 7) is 1.01. The van der Waals surface area contributed by atoms with Crippen molar-refractivity contribution < 1.29 is 9.53 Å². The number of amides is 1. The maximum atomic E-state index is 12.3. The molecule has 20 heavy (non-hydrogen) atoms. The highest BCUT2D eigenvalue weighted by Gasteiger charge is 2.41. The first-order valence-corrected chi connectivity index (χ1v) is 7.41. The Bertz CT molecular complexity index is 480. The maximum absolute atomic E-state index is 12.3. The Morgan fingerprint density at radius 1 is 1.35 bits per heavy atom. The van der Waals surface area contributed by atoms with Crippen molar-refractivity contribution in [2.24, 2.45) is 0 Å². The molecule has 2 fully saturated rings. The highest BCUT2D eigenvalue weighted by Crippen LogP contribution is 2.38.